The second kappa shape index (κ2) is 10.9. The van der Waals surface area contributed by atoms with Crippen molar-refractivity contribution in [3.63, 3.8) is 0 Å². The quantitative estimate of drug-likeness (QED) is 0.402. The number of nitrogens with zero attached hydrogens (tertiary/aromatic N) is 5. The SMILES string of the molecule is CCS(=O)(=O)c1ccc(OCC2CC2(F)F)c(-c2cn(C)c(=O)c3[nH]c(CN4CCN(N5C=CC=NC5)CC4)cc23)c1. The molecule has 224 valence electrons. The Hall–Kier alpha value is -3.55. The Kier molecular flexibility index (Phi) is 7.44. The minimum absolute atomic E-state index is 0.0908. The van der Waals surface area contributed by atoms with Gasteiger partial charge in [-0.1, -0.05) is 6.92 Å². The van der Waals surface area contributed by atoms with E-state index in [1.165, 1.54) is 22.8 Å². The van der Waals surface area contributed by atoms with E-state index in [2.05, 4.69) is 24.9 Å². The zero-order valence-electron chi connectivity index (χ0n) is 23.6. The van der Waals surface area contributed by atoms with Crippen LogP contribution in [0.3, 0.4) is 0 Å². The van der Waals surface area contributed by atoms with Crippen LogP contribution in [0, 0.1) is 5.92 Å². The smallest absolute Gasteiger partial charge is 0.274 e. The van der Waals surface area contributed by atoms with Crippen molar-refractivity contribution >= 4 is 27.0 Å². The summed E-state index contributed by atoms with van der Waals surface area (Å²) in [6, 6.07) is 6.39. The molecule has 1 N–H and O–H groups in total. The van der Waals surface area contributed by atoms with Gasteiger partial charge in [0.05, 0.1) is 23.2 Å². The number of hydrogen-bond acceptors (Lipinski definition) is 8. The average Bonchev–Trinajstić information content (AvgIpc) is 3.39. The van der Waals surface area contributed by atoms with Crippen LogP contribution in [0.2, 0.25) is 0 Å². The highest BCUT2D eigenvalue weighted by Crippen LogP contribution is 2.49. The first kappa shape index (κ1) is 28.6. The van der Waals surface area contributed by atoms with E-state index in [1.807, 2.05) is 18.3 Å². The number of allylic oxidation sites excluding steroid dienone is 1. The molecule has 1 aromatic carbocycles. The number of hydrogen-bond donors (Lipinski definition) is 1. The van der Waals surface area contributed by atoms with Crippen molar-refractivity contribution in [3.05, 3.63) is 58.8 Å². The van der Waals surface area contributed by atoms with Gasteiger partial charge in [0, 0.05) is 87.0 Å². The summed E-state index contributed by atoms with van der Waals surface area (Å²) in [6.07, 6.45) is 7.15. The van der Waals surface area contributed by atoms with Gasteiger partial charge in [0.2, 0.25) is 0 Å². The fourth-order valence-corrected chi connectivity index (χ4v) is 6.40. The van der Waals surface area contributed by atoms with Gasteiger partial charge in [0.25, 0.3) is 11.5 Å². The van der Waals surface area contributed by atoms with E-state index >= 15 is 0 Å². The van der Waals surface area contributed by atoms with E-state index in [4.69, 9.17) is 4.74 Å². The van der Waals surface area contributed by atoms with Crippen LogP contribution in [-0.4, -0.2) is 90.2 Å². The molecule has 6 rings (SSSR count). The average molecular weight is 601 g/mol. The second-order valence-corrected chi connectivity index (χ2v) is 13.3. The van der Waals surface area contributed by atoms with Crippen LogP contribution in [0.1, 0.15) is 19.0 Å². The Bertz CT molecular complexity index is 1720. The van der Waals surface area contributed by atoms with Gasteiger partial charge in [0.1, 0.15) is 17.9 Å². The lowest BCUT2D eigenvalue weighted by molar-refractivity contribution is -0.0216. The molecule has 1 saturated carbocycles. The summed E-state index contributed by atoms with van der Waals surface area (Å²) in [6.45, 7) is 5.93. The molecule has 0 radical (unpaired) electrons. The number of ether oxygens (including phenoxy) is 1. The molecule has 1 unspecified atom stereocenters. The number of halogens is 2. The number of aromatic nitrogens is 2. The van der Waals surface area contributed by atoms with Crippen LogP contribution < -0.4 is 10.3 Å². The standard InChI is InChI=1S/C29H34F2N6O4S/c1-3-42(39,40)22-5-6-26(41-18-20-15-29(20,30)31)23(14-22)25-17-34(2)28(38)27-24(25)13-21(33-27)16-35-9-11-36(12-10-35)37-8-4-7-32-19-37/h4-8,13-14,17,20,33H,3,9-12,15-16,18-19H2,1-2H3. The van der Waals surface area contributed by atoms with E-state index in [0.29, 0.717) is 41.0 Å². The van der Waals surface area contributed by atoms with Gasteiger partial charge in [-0.25, -0.2) is 22.2 Å². The molecule has 2 fully saturated rings. The van der Waals surface area contributed by atoms with Crippen LogP contribution in [0.15, 0.2) is 57.4 Å². The van der Waals surface area contributed by atoms with Crippen molar-refractivity contribution in [2.45, 2.75) is 30.7 Å². The molecular weight excluding hydrogens is 566 g/mol. The van der Waals surface area contributed by atoms with Gasteiger partial charge in [-0.05, 0) is 30.3 Å². The lowest BCUT2D eigenvalue weighted by Crippen LogP contribution is -2.52. The van der Waals surface area contributed by atoms with Crippen molar-refractivity contribution in [1.82, 2.24) is 24.5 Å². The molecule has 10 nitrogen and oxygen atoms in total. The fraction of sp³-hybridized carbons (Fsp3) is 0.448. The van der Waals surface area contributed by atoms with Gasteiger partial charge in [0.15, 0.2) is 9.84 Å². The Morgan fingerprint density at radius 3 is 2.57 bits per heavy atom. The fourth-order valence-electron chi connectivity index (χ4n) is 5.49. The summed E-state index contributed by atoms with van der Waals surface area (Å²) < 4.78 is 60.0. The predicted octanol–water partition coefficient (Wildman–Crippen LogP) is 3.25. The van der Waals surface area contributed by atoms with Crippen molar-refractivity contribution in [2.75, 3.05) is 45.2 Å². The number of aryl methyl sites for hydroxylation is 1. The summed E-state index contributed by atoms with van der Waals surface area (Å²) in [5.41, 5.74) is 2.04. The molecule has 0 bridgehead atoms. The van der Waals surface area contributed by atoms with Crippen LogP contribution in [0.4, 0.5) is 8.78 Å². The molecule has 1 aliphatic carbocycles. The Labute approximate surface area is 242 Å². The molecule has 3 aromatic rings. The Morgan fingerprint density at radius 2 is 1.90 bits per heavy atom. The summed E-state index contributed by atoms with van der Waals surface area (Å²) in [5.74, 6) is -3.41. The number of pyridine rings is 1. The number of rotatable bonds is 9. The first-order chi connectivity index (χ1) is 20.1. The number of sulfone groups is 1. The van der Waals surface area contributed by atoms with Crippen LogP contribution in [0.25, 0.3) is 22.0 Å². The van der Waals surface area contributed by atoms with Gasteiger partial charge >= 0.3 is 0 Å². The number of H-pyrrole nitrogens is 1. The molecule has 4 heterocycles. The molecule has 0 amide bonds. The highest BCUT2D eigenvalue weighted by Gasteiger charge is 2.57. The van der Waals surface area contributed by atoms with Gasteiger partial charge in [-0.15, -0.1) is 0 Å². The van der Waals surface area contributed by atoms with Crippen molar-refractivity contribution < 1.29 is 21.9 Å². The number of benzene rings is 1. The molecule has 2 aromatic heterocycles. The lowest BCUT2D eigenvalue weighted by atomic mass is 10.0. The molecule has 0 spiro atoms. The minimum Gasteiger partial charge on any atom is -0.492 e. The summed E-state index contributed by atoms with van der Waals surface area (Å²) in [4.78, 5) is 23.2. The van der Waals surface area contributed by atoms with E-state index in [1.54, 1.807) is 26.4 Å². The third-order valence-corrected chi connectivity index (χ3v) is 9.91. The van der Waals surface area contributed by atoms with Crippen LogP contribution >= 0.6 is 0 Å². The second-order valence-electron chi connectivity index (χ2n) is 11.1. The van der Waals surface area contributed by atoms with Crippen LogP contribution in [-0.2, 0) is 23.4 Å². The number of hydrazine groups is 1. The number of nitrogens with one attached hydrogen (secondary N) is 1. The number of piperazine rings is 1. The normalized spacial score (nSPS) is 20.9. The van der Waals surface area contributed by atoms with Crippen molar-refractivity contribution in [3.8, 4) is 16.9 Å². The third kappa shape index (κ3) is 5.60. The first-order valence-electron chi connectivity index (χ1n) is 14.1. The molecule has 3 aliphatic rings. The van der Waals surface area contributed by atoms with E-state index in [-0.39, 0.29) is 29.2 Å². The molecule has 13 heteroatoms. The minimum atomic E-state index is -3.56. The number of fused-ring (bicyclic) bond motifs is 1. The molecule has 1 saturated heterocycles. The maximum Gasteiger partial charge on any atom is 0.274 e. The van der Waals surface area contributed by atoms with E-state index in [9.17, 15) is 22.0 Å². The van der Waals surface area contributed by atoms with E-state index < -0.39 is 21.7 Å². The maximum absolute atomic E-state index is 13.6. The molecule has 42 heavy (non-hydrogen) atoms. The number of alkyl halides is 2. The summed E-state index contributed by atoms with van der Waals surface area (Å²) >= 11 is 0. The zero-order valence-corrected chi connectivity index (χ0v) is 24.4. The largest absolute Gasteiger partial charge is 0.492 e. The van der Waals surface area contributed by atoms with Crippen LogP contribution in [0.5, 0.6) is 5.75 Å². The predicted molar refractivity (Wildman–Crippen MR) is 156 cm³/mol. The number of aromatic amines is 1. The van der Waals surface area contributed by atoms with Gasteiger partial charge in [-0.3, -0.25) is 19.7 Å². The Balaban J connectivity index is 1.31. The highest BCUT2D eigenvalue weighted by molar-refractivity contribution is 7.91. The van der Waals surface area contributed by atoms with E-state index in [0.717, 1.165) is 31.9 Å². The first-order valence-corrected chi connectivity index (χ1v) is 15.7. The third-order valence-electron chi connectivity index (χ3n) is 8.18. The topological polar surface area (TPSA) is 103 Å². The summed E-state index contributed by atoms with van der Waals surface area (Å²) in [5, 5.41) is 4.99. The molecule has 2 aliphatic heterocycles. The number of aliphatic imine (C=N–C) groups is 1. The zero-order chi connectivity index (χ0) is 29.6. The van der Waals surface area contributed by atoms with Gasteiger partial charge < -0.3 is 14.3 Å². The Morgan fingerprint density at radius 1 is 1.14 bits per heavy atom. The van der Waals surface area contributed by atoms with Crippen molar-refractivity contribution in [1.29, 1.82) is 0 Å². The molecule has 1 atom stereocenters. The molecular formula is C29H34F2N6O4S. The van der Waals surface area contributed by atoms with Crippen molar-refractivity contribution in [2.24, 2.45) is 18.0 Å². The highest BCUT2D eigenvalue weighted by atomic mass is 32.2. The van der Waals surface area contributed by atoms with Gasteiger partial charge in [-0.2, -0.15) is 0 Å². The maximum atomic E-state index is 13.6. The summed E-state index contributed by atoms with van der Waals surface area (Å²) in [7, 11) is -1.93. The monoisotopic (exact) mass is 600 g/mol. The lowest BCUT2D eigenvalue weighted by Gasteiger charge is -2.40.